The quantitative estimate of drug-likeness (QED) is 0.536. The molecule has 9 heteroatoms. The van der Waals surface area contributed by atoms with E-state index in [1.54, 1.807) is 13.2 Å². The van der Waals surface area contributed by atoms with Crippen molar-refractivity contribution in [1.29, 1.82) is 0 Å². The Kier molecular flexibility index (Phi) is 4.78. The van der Waals surface area contributed by atoms with Crippen molar-refractivity contribution < 1.29 is 4.74 Å². The van der Waals surface area contributed by atoms with Crippen molar-refractivity contribution in [3.8, 4) is 28.3 Å². The molecule has 1 aromatic carbocycles. The van der Waals surface area contributed by atoms with Gasteiger partial charge in [0.2, 0.25) is 0 Å². The van der Waals surface area contributed by atoms with Gasteiger partial charge in [-0.1, -0.05) is 12.1 Å². The number of benzene rings is 1. The molecular weight excluding hydrogens is 372 g/mol. The molecule has 9 nitrogen and oxygen atoms in total. The normalized spacial score (nSPS) is 10.8. The number of hydrogen-bond acceptors (Lipinski definition) is 6. The molecule has 0 bridgehead atoms. The van der Waals surface area contributed by atoms with Crippen molar-refractivity contribution >= 4 is 0 Å². The van der Waals surface area contributed by atoms with E-state index in [-0.39, 0.29) is 5.56 Å². The molecule has 0 amide bonds. The molecule has 0 aliphatic carbocycles. The number of rotatable bonds is 5. The Bertz CT molecular complexity index is 1270. The fraction of sp³-hybridized carbons (Fsp3) is 0.150. The molecule has 2 N–H and O–H groups in total. The Morgan fingerprint density at radius 3 is 2.55 bits per heavy atom. The fourth-order valence-corrected chi connectivity index (χ4v) is 2.96. The van der Waals surface area contributed by atoms with Crippen LogP contribution < -0.4 is 16.0 Å². The largest absolute Gasteiger partial charge is 0.497 e. The van der Waals surface area contributed by atoms with Crippen LogP contribution >= 0.6 is 0 Å². The molecule has 0 fully saturated rings. The van der Waals surface area contributed by atoms with Gasteiger partial charge in [-0.05, 0) is 36.8 Å². The van der Waals surface area contributed by atoms with Crippen molar-refractivity contribution in [3.63, 3.8) is 0 Å². The third kappa shape index (κ3) is 3.84. The molecule has 29 heavy (non-hydrogen) atoms. The molecule has 0 spiro atoms. The van der Waals surface area contributed by atoms with Crippen LogP contribution in [-0.4, -0.2) is 37.1 Å². The highest BCUT2D eigenvalue weighted by molar-refractivity contribution is 5.68. The van der Waals surface area contributed by atoms with Gasteiger partial charge in [0.1, 0.15) is 11.4 Å². The molecule has 0 aliphatic rings. The standard InChI is InChI=1S/C20H18N6O3/c1-12-15(9-18(24-23-12)16-10-21-20(28)22-19(16)27)17-7-8-26(25-17)11-13-3-5-14(29-2)6-4-13/h3-10H,11H2,1-2H3,(H2,21,22,27,28). The minimum atomic E-state index is -0.573. The second-order valence-corrected chi connectivity index (χ2v) is 6.46. The van der Waals surface area contributed by atoms with Gasteiger partial charge in [-0.2, -0.15) is 10.2 Å². The van der Waals surface area contributed by atoms with Crippen LogP contribution in [0.3, 0.4) is 0 Å². The number of aryl methyl sites for hydroxylation is 1. The molecule has 0 aliphatic heterocycles. The summed E-state index contributed by atoms with van der Waals surface area (Å²) in [6, 6.07) is 11.4. The zero-order chi connectivity index (χ0) is 20.4. The maximum atomic E-state index is 12.1. The van der Waals surface area contributed by atoms with Crippen LogP contribution in [0.1, 0.15) is 11.3 Å². The van der Waals surface area contributed by atoms with Crippen molar-refractivity contribution in [2.24, 2.45) is 0 Å². The maximum Gasteiger partial charge on any atom is 0.325 e. The number of ether oxygens (including phenoxy) is 1. The monoisotopic (exact) mass is 390 g/mol. The second kappa shape index (κ2) is 7.55. The molecule has 0 radical (unpaired) electrons. The van der Waals surface area contributed by atoms with Crippen LogP contribution in [0, 0.1) is 6.92 Å². The zero-order valence-corrected chi connectivity index (χ0v) is 15.8. The second-order valence-electron chi connectivity index (χ2n) is 6.46. The average Bonchev–Trinajstić information content (AvgIpc) is 3.17. The first-order chi connectivity index (χ1) is 14.0. The van der Waals surface area contributed by atoms with Crippen molar-refractivity contribution in [2.75, 3.05) is 7.11 Å². The molecule has 3 heterocycles. The molecule has 146 valence electrons. The Hall–Kier alpha value is -4.01. The van der Waals surface area contributed by atoms with Gasteiger partial charge < -0.3 is 9.72 Å². The first-order valence-corrected chi connectivity index (χ1v) is 8.87. The maximum absolute atomic E-state index is 12.1. The van der Waals surface area contributed by atoms with Gasteiger partial charge >= 0.3 is 5.69 Å². The lowest BCUT2D eigenvalue weighted by Gasteiger charge is -2.06. The smallest absolute Gasteiger partial charge is 0.325 e. The van der Waals surface area contributed by atoms with E-state index in [9.17, 15) is 9.59 Å². The minimum Gasteiger partial charge on any atom is -0.497 e. The predicted octanol–water partition coefficient (Wildman–Crippen LogP) is 1.75. The lowest BCUT2D eigenvalue weighted by atomic mass is 10.1. The van der Waals surface area contributed by atoms with Crippen LogP contribution in [0.25, 0.3) is 22.5 Å². The highest BCUT2D eigenvalue weighted by Crippen LogP contribution is 2.23. The first kappa shape index (κ1) is 18.4. The fourth-order valence-electron chi connectivity index (χ4n) is 2.96. The van der Waals surface area contributed by atoms with E-state index >= 15 is 0 Å². The zero-order valence-electron chi connectivity index (χ0n) is 15.8. The predicted molar refractivity (Wildman–Crippen MR) is 107 cm³/mol. The van der Waals surface area contributed by atoms with E-state index in [1.165, 1.54) is 6.20 Å². The summed E-state index contributed by atoms with van der Waals surface area (Å²) in [6.07, 6.45) is 3.21. The van der Waals surface area contributed by atoms with Crippen LogP contribution in [0.2, 0.25) is 0 Å². The van der Waals surface area contributed by atoms with E-state index < -0.39 is 11.2 Å². The summed E-state index contributed by atoms with van der Waals surface area (Å²) in [6.45, 7) is 2.43. The molecule has 0 atom stereocenters. The van der Waals surface area contributed by atoms with Crippen LogP contribution in [-0.2, 0) is 6.54 Å². The van der Waals surface area contributed by atoms with Gasteiger partial charge in [-0.15, -0.1) is 5.10 Å². The van der Waals surface area contributed by atoms with Crippen LogP contribution in [0.4, 0.5) is 0 Å². The minimum absolute atomic E-state index is 0.232. The highest BCUT2D eigenvalue weighted by Gasteiger charge is 2.13. The van der Waals surface area contributed by atoms with E-state index in [0.717, 1.165) is 16.9 Å². The number of nitrogens with one attached hydrogen (secondary N) is 2. The molecule has 3 aromatic heterocycles. The number of aromatic nitrogens is 6. The van der Waals surface area contributed by atoms with Gasteiger partial charge in [-0.25, -0.2) is 4.79 Å². The molecular formula is C20H18N6O3. The highest BCUT2D eigenvalue weighted by atomic mass is 16.5. The third-order valence-electron chi connectivity index (χ3n) is 4.49. The summed E-state index contributed by atoms with van der Waals surface area (Å²) in [5.74, 6) is 0.804. The number of hydrogen-bond donors (Lipinski definition) is 2. The number of methoxy groups -OCH3 is 1. The van der Waals surface area contributed by atoms with E-state index in [1.807, 2.05) is 48.1 Å². The summed E-state index contributed by atoms with van der Waals surface area (Å²) >= 11 is 0. The summed E-state index contributed by atoms with van der Waals surface area (Å²) < 4.78 is 7.00. The van der Waals surface area contributed by atoms with Gasteiger partial charge in [0.05, 0.1) is 30.6 Å². The van der Waals surface area contributed by atoms with Crippen molar-refractivity contribution in [1.82, 2.24) is 29.9 Å². The SMILES string of the molecule is COc1ccc(Cn2ccc(-c3cc(-c4c[nH]c(=O)[nH]c4=O)nnc3C)n2)cc1. The lowest BCUT2D eigenvalue weighted by molar-refractivity contribution is 0.414. The summed E-state index contributed by atoms with van der Waals surface area (Å²) in [5, 5.41) is 12.9. The van der Waals surface area contributed by atoms with Crippen LogP contribution in [0.5, 0.6) is 5.75 Å². The van der Waals surface area contributed by atoms with Gasteiger partial charge in [0, 0.05) is 18.0 Å². The Labute approximate surface area is 165 Å². The number of aromatic amines is 2. The molecule has 4 aromatic rings. The third-order valence-corrected chi connectivity index (χ3v) is 4.49. The van der Waals surface area contributed by atoms with E-state index in [0.29, 0.717) is 23.6 Å². The molecule has 0 saturated heterocycles. The summed E-state index contributed by atoms with van der Waals surface area (Å²) in [7, 11) is 1.63. The van der Waals surface area contributed by atoms with Gasteiger partial charge in [0.15, 0.2) is 0 Å². The molecule has 0 saturated carbocycles. The molecule has 0 unspecified atom stereocenters. The summed E-state index contributed by atoms with van der Waals surface area (Å²) in [4.78, 5) is 27.9. The Morgan fingerprint density at radius 2 is 1.83 bits per heavy atom. The van der Waals surface area contributed by atoms with Crippen LogP contribution in [0.15, 0.2) is 58.4 Å². The first-order valence-electron chi connectivity index (χ1n) is 8.87. The van der Waals surface area contributed by atoms with Gasteiger partial charge in [0.25, 0.3) is 5.56 Å². The van der Waals surface area contributed by atoms with Crippen molar-refractivity contribution in [3.05, 3.63) is 80.9 Å². The summed E-state index contributed by atoms with van der Waals surface area (Å²) in [5.41, 5.74) is 2.74. The lowest BCUT2D eigenvalue weighted by Crippen LogP contribution is -2.22. The van der Waals surface area contributed by atoms with E-state index in [4.69, 9.17) is 4.74 Å². The van der Waals surface area contributed by atoms with Crippen molar-refractivity contribution in [2.45, 2.75) is 13.5 Å². The van der Waals surface area contributed by atoms with Gasteiger partial charge in [-0.3, -0.25) is 14.5 Å². The molecule has 4 rings (SSSR count). The number of nitrogens with zero attached hydrogens (tertiary/aromatic N) is 4. The Balaban J connectivity index is 1.64. The topological polar surface area (TPSA) is 119 Å². The Morgan fingerprint density at radius 1 is 1.03 bits per heavy atom. The number of H-pyrrole nitrogens is 2. The average molecular weight is 390 g/mol. The van der Waals surface area contributed by atoms with E-state index in [2.05, 4.69) is 25.3 Å².